The zero-order valence-electron chi connectivity index (χ0n) is 19.6. The summed E-state index contributed by atoms with van der Waals surface area (Å²) < 4.78 is 14.6. The van der Waals surface area contributed by atoms with Crippen molar-refractivity contribution in [2.45, 2.75) is 33.1 Å². The van der Waals surface area contributed by atoms with Crippen LogP contribution in [0.3, 0.4) is 0 Å². The molecule has 1 aliphatic rings. The largest absolute Gasteiger partial charge is 0.384 e. The number of aromatic nitrogens is 4. The zero-order valence-corrected chi connectivity index (χ0v) is 21.2. The highest BCUT2D eigenvalue weighted by molar-refractivity contribution is 6.37. The fourth-order valence-corrected chi connectivity index (χ4v) is 5.29. The van der Waals surface area contributed by atoms with Crippen LogP contribution in [0.5, 0.6) is 0 Å². The van der Waals surface area contributed by atoms with Gasteiger partial charge in [-0.25, -0.2) is 18.7 Å². The van der Waals surface area contributed by atoms with Gasteiger partial charge in [0.2, 0.25) is 5.95 Å². The highest BCUT2D eigenvalue weighted by Crippen LogP contribution is 2.34. The zero-order chi connectivity index (χ0) is 25.6. The first-order valence-electron chi connectivity index (χ1n) is 11.4. The number of fused-ring (bicyclic) bond motifs is 2. The highest BCUT2D eigenvalue weighted by Gasteiger charge is 2.22. The van der Waals surface area contributed by atoms with Gasteiger partial charge in [-0.15, -0.1) is 0 Å². The second-order valence-electron chi connectivity index (χ2n) is 8.99. The summed E-state index contributed by atoms with van der Waals surface area (Å²) in [6.07, 6.45) is 6.84. The summed E-state index contributed by atoms with van der Waals surface area (Å²) in [7, 11) is 0. The number of nitrogens with two attached hydrogens (primary N) is 1. The predicted octanol–water partition coefficient (Wildman–Crippen LogP) is 6.02. The number of nitrogen functional groups attached to an aromatic ring is 1. The van der Waals surface area contributed by atoms with E-state index in [0.717, 1.165) is 41.6 Å². The molecule has 2 aromatic heterocycles. The summed E-state index contributed by atoms with van der Waals surface area (Å²) in [6.45, 7) is 4.25. The third-order valence-corrected chi connectivity index (χ3v) is 7.04. The minimum atomic E-state index is -0.750. The van der Waals surface area contributed by atoms with Gasteiger partial charge in [-0.3, -0.25) is 0 Å². The fourth-order valence-electron chi connectivity index (χ4n) is 4.66. The Labute approximate surface area is 216 Å². The topological polar surface area (TPSA) is 98.7 Å². The lowest BCUT2D eigenvalue weighted by molar-refractivity contribution is 0.556. The van der Waals surface area contributed by atoms with Crippen molar-refractivity contribution in [2.24, 2.45) is 5.92 Å². The molecule has 1 atom stereocenters. The molecule has 0 bridgehead atoms. The summed E-state index contributed by atoms with van der Waals surface area (Å²) >= 11 is 12.3. The van der Waals surface area contributed by atoms with E-state index in [1.54, 1.807) is 0 Å². The van der Waals surface area contributed by atoms with Crippen LogP contribution in [-0.4, -0.2) is 19.5 Å². The van der Waals surface area contributed by atoms with Crippen LogP contribution in [0.25, 0.3) is 16.7 Å². The molecule has 2 aromatic carbocycles. The van der Waals surface area contributed by atoms with Crippen LogP contribution in [0.1, 0.15) is 31.4 Å². The van der Waals surface area contributed by atoms with E-state index in [1.165, 1.54) is 22.9 Å². The number of benzene rings is 2. The molecule has 1 aliphatic carbocycles. The average molecular weight is 525 g/mol. The molecule has 0 fully saturated rings. The second-order valence-corrected chi connectivity index (χ2v) is 9.80. The Hall–Kier alpha value is -3.49. The molecule has 0 amide bonds. The Bertz CT molecular complexity index is 1580. The molecule has 3 N–H and O–H groups in total. The molecule has 184 valence electrons. The van der Waals surface area contributed by atoms with E-state index in [-0.39, 0.29) is 33.1 Å². The Balaban J connectivity index is 1.45. The third kappa shape index (κ3) is 4.54. The number of halogens is 3. The van der Waals surface area contributed by atoms with E-state index >= 15 is 0 Å². The van der Waals surface area contributed by atoms with Gasteiger partial charge < -0.3 is 11.1 Å². The van der Waals surface area contributed by atoms with Crippen molar-refractivity contribution in [1.29, 1.82) is 0 Å². The van der Waals surface area contributed by atoms with Crippen LogP contribution < -0.4 is 16.7 Å². The van der Waals surface area contributed by atoms with Crippen molar-refractivity contribution in [3.8, 4) is 5.69 Å². The van der Waals surface area contributed by atoms with E-state index < -0.39 is 11.5 Å². The number of rotatable bonds is 5. The van der Waals surface area contributed by atoms with Crippen LogP contribution in [0, 0.1) is 11.7 Å². The van der Waals surface area contributed by atoms with Gasteiger partial charge in [0, 0.05) is 11.9 Å². The fraction of sp³-hybridized carbons (Fsp3) is 0.231. The SMILES string of the molecule is C/C=C(\C)CC1Cc2ccc(Nc3ncc4c(N)n(-c5c(Cl)cc(F)cc5Cl)c(=O)nc4n3)cc2C1. The molecule has 4 aromatic rings. The van der Waals surface area contributed by atoms with E-state index in [0.29, 0.717) is 11.3 Å². The smallest absolute Gasteiger partial charge is 0.355 e. The molecule has 10 heteroatoms. The van der Waals surface area contributed by atoms with E-state index in [9.17, 15) is 9.18 Å². The van der Waals surface area contributed by atoms with Gasteiger partial charge in [0.1, 0.15) is 11.6 Å². The molecular formula is C26H23Cl2FN6O. The maximum absolute atomic E-state index is 13.6. The van der Waals surface area contributed by atoms with Gasteiger partial charge in [-0.2, -0.15) is 9.97 Å². The molecule has 0 spiro atoms. The third-order valence-electron chi connectivity index (χ3n) is 6.47. The second kappa shape index (κ2) is 9.52. The summed E-state index contributed by atoms with van der Waals surface area (Å²) in [5.41, 5.74) is 10.6. The van der Waals surface area contributed by atoms with E-state index in [4.69, 9.17) is 28.9 Å². The van der Waals surface area contributed by atoms with Crippen molar-refractivity contribution < 1.29 is 4.39 Å². The number of nitrogens with one attached hydrogen (secondary N) is 1. The summed E-state index contributed by atoms with van der Waals surface area (Å²) in [6, 6.07) is 8.34. The van der Waals surface area contributed by atoms with Gasteiger partial charge in [0.25, 0.3) is 0 Å². The lowest BCUT2D eigenvalue weighted by atomic mass is 9.97. The van der Waals surface area contributed by atoms with Crippen LogP contribution in [0.15, 0.2) is 53.0 Å². The molecule has 7 nitrogen and oxygen atoms in total. The molecule has 0 radical (unpaired) electrons. The molecule has 1 unspecified atom stereocenters. The van der Waals surface area contributed by atoms with Crippen LogP contribution in [0.2, 0.25) is 10.0 Å². The van der Waals surface area contributed by atoms with Crippen LogP contribution >= 0.6 is 23.2 Å². The van der Waals surface area contributed by atoms with Crippen LogP contribution in [-0.2, 0) is 12.8 Å². The Morgan fingerprint density at radius 1 is 1.19 bits per heavy atom. The quantitative estimate of drug-likeness (QED) is 0.309. The van der Waals surface area contributed by atoms with Gasteiger partial charge in [0.05, 0.1) is 21.1 Å². The normalized spacial score (nSPS) is 15.4. The lowest BCUT2D eigenvalue weighted by Crippen LogP contribution is -2.25. The number of allylic oxidation sites excluding steroid dienone is 2. The number of anilines is 3. The monoisotopic (exact) mass is 524 g/mol. The number of nitrogens with zero attached hydrogens (tertiary/aromatic N) is 4. The maximum Gasteiger partial charge on any atom is 0.355 e. The van der Waals surface area contributed by atoms with Crippen molar-refractivity contribution in [1.82, 2.24) is 19.5 Å². The molecular weight excluding hydrogens is 502 g/mol. The molecule has 2 heterocycles. The Morgan fingerprint density at radius 3 is 2.64 bits per heavy atom. The summed E-state index contributed by atoms with van der Waals surface area (Å²) in [4.78, 5) is 25.6. The van der Waals surface area contributed by atoms with E-state index in [1.807, 2.05) is 6.07 Å². The maximum atomic E-state index is 13.6. The van der Waals surface area contributed by atoms with Crippen molar-refractivity contribution in [3.05, 3.63) is 85.7 Å². The molecule has 5 rings (SSSR count). The summed E-state index contributed by atoms with van der Waals surface area (Å²) in [5, 5.41) is 3.37. The van der Waals surface area contributed by atoms with Gasteiger partial charge >= 0.3 is 5.69 Å². The Morgan fingerprint density at radius 2 is 1.92 bits per heavy atom. The molecule has 36 heavy (non-hydrogen) atoms. The molecule has 0 saturated heterocycles. The first-order chi connectivity index (χ1) is 17.2. The van der Waals surface area contributed by atoms with Gasteiger partial charge in [0.15, 0.2) is 5.65 Å². The first-order valence-corrected chi connectivity index (χ1v) is 12.2. The lowest BCUT2D eigenvalue weighted by Gasteiger charge is -2.14. The minimum absolute atomic E-state index is 0.00745. The van der Waals surface area contributed by atoms with Crippen LogP contribution in [0.4, 0.5) is 21.8 Å². The standard InChI is InChI=1S/C26H23Cl2FN6O/c1-3-13(2)6-14-7-15-4-5-18(9-16(15)8-14)32-25-31-12-19-23(30)35(26(36)34-24(19)33-25)22-20(27)10-17(29)11-21(22)28/h3-5,9-12,14H,6-8,30H2,1-2H3,(H,32,33,34,36)/b13-3+. The van der Waals surface area contributed by atoms with E-state index in [2.05, 4.69) is 52.3 Å². The summed E-state index contributed by atoms with van der Waals surface area (Å²) in [5.74, 6) is 0.250. The Kier molecular flexibility index (Phi) is 6.40. The highest BCUT2D eigenvalue weighted by atomic mass is 35.5. The average Bonchev–Trinajstić information content (AvgIpc) is 3.21. The van der Waals surface area contributed by atoms with Crippen molar-refractivity contribution in [3.63, 3.8) is 0 Å². The van der Waals surface area contributed by atoms with Crippen molar-refractivity contribution in [2.75, 3.05) is 11.1 Å². The number of hydrogen-bond donors (Lipinski definition) is 2. The van der Waals surface area contributed by atoms with Gasteiger partial charge in [-0.05, 0) is 74.4 Å². The molecule has 0 saturated carbocycles. The first kappa shape index (κ1) is 24.2. The number of hydrogen-bond acceptors (Lipinski definition) is 6. The van der Waals surface area contributed by atoms with Crippen molar-refractivity contribution >= 4 is 51.7 Å². The van der Waals surface area contributed by atoms with Gasteiger partial charge in [-0.1, -0.05) is 40.9 Å². The predicted molar refractivity (Wildman–Crippen MR) is 142 cm³/mol. The molecule has 0 aliphatic heterocycles. The minimum Gasteiger partial charge on any atom is -0.384 e.